The lowest BCUT2D eigenvalue weighted by atomic mass is 10.0. The lowest BCUT2D eigenvalue weighted by molar-refractivity contribution is 0.264. The van der Waals surface area contributed by atoms with Gasteiger partial charge in [-0.1, -0.05) is 36.5 Å². The minimum atomic E-state index is 0.649. The fourth-order valence-corrected chi connectivity index (χ4v) is 2.74. The molecule has 0 saturated carbocycles. The van der Waals surface area contributed by atoms with E-state index in [1.807, 2.05) is 0 Å². The van der Waals surface area contributed by atoms with E-state index >= 15 is 0 Å². The van der Waals surface area contributed by atoms with Crippen molar-refractivity contribution in [2.24, 2.45) is 5.73 Å². The number of fused-ring (bicyclic) bond motifs is 1. The Bertz CT molecular complexity index is 403. The molecule has 1 heterocycles. The Labute approximate surface area is 115 Å². The molecule has 2 N–H and O–H groups in total. The Kier molecular flexibility index (Phi) is 5.14. The second-order valence-corrected chi connectivity index (χ2v) is 5.60. The summed E-state index contributed by atoms with van der Waals surface area (Å²) in [6, 6.07) is 8.83. The quantitative estimate of drug-likeness (QED) is 0.653. The van der Waals surface area contributed by atoms with Crippen molar-refractivity contribution in [3.8, 4) is 0 Å². The Hall–Kier alpha value is -0.930. The average molecular weight is 262 g/mol. The van der Waals surface area contributed by atoms with Crippen LogP contribution in [0.3, 0.4) is 0 Å². The van der Waals surface area contributed by atoms with E-state index in [4.69, 9.17) is 18.0 Å². The maximum Gasteiger partial charge on any atom is 0.0727 e. The molecule has 1 aromatic rings. The molecule has 0 spiro atoms. The highest BCUT2D eigenvalue weighted by atomic mass is 32.1. The molecule has 3 heteroatoms. The molecule has 2 rings (SSSR count). The summed E-state index contributed by atoms with van der Waals surface area (Å²) in [7, 11) is 0. The van der Waals surface area contributed by atoms with Gasteiger partial charge in [0.05, 0.1) is 4.99 Å². The van der Waals surface area contributed by atoms with E-state index in [1.165, 1.54) is 36.9 Å². The van der Waals surface area contributed by atoms with Crippen molar-refractivity contribution >= 4 is 17.2 Å². The molecule has 0 saturated heterocycles. The molecule has 1 aromatic carbocycles. The molecule has 0 radical (unpaired) electrons. The Morgan fingerprint density at radius 3 is 2.78 bits per heavy atom. The van der Waals surface area contributed by atoms with Gasteiger partial charge in [0, 0.05) is 6.54 Å². The Balaban J connectivity index is 1.82. The molecular formula is C15H22N2S. The van der Waals surface area contributed by atoms with Crippen LogP contribution in [0.1, 0.15) is 36.8 Å². The van der Waals surface area contributed by atoms with Crippen LogP contribution in [0.15, 0.2) is 24.3 Å². The van der Waals surface area contributed by atoms with Crippen molar-refractivity contribution in [2.45, 2.75) is 38.6 Å². The van der Waals surface area contributed by atoms with E-state index in [0.29, 0.717) is 4.99 Å². The van der Waals surface area contributed by atoms with Crippen LogP contribution in [0.5, 0.6) is 0 Å². The first-order valence-corrected chi connectivity index (χ1v) is 7.24. The van der Waals surface area contributed by atoms with Crippen LogP contribution >= 0.6 is 12.2 Å². The van der Waals surface area contributed by atoms with Crippen molar-refractivity contribution in [3.63, 3.8) is 0 Å². The maximum atomic E-state index is 5.52. The van der Waals surface area contributed by atoms with Crippen molar-refractivity contribution in [1.82, 2.24) is 4.90 Å². The van der Waals surface area contributed by atoms with Crippen molar-refractivity contribution in [3.05, 3.63) is 35.4 Å². The number of nitrogens with zero attached hydrogens (tertiary/aromatic N) is 1. The molecule has 98 valence electrons. The number of aryl methyl sites for hydroxylation is 1. The number of hydrogen-bond donors (Lipinski definition) is 1. The molecule has 1 aliphatic heterocycles. The lowest BCUT2D eigenvalue weighted by Gasteiger charge is -2.20. The first kappa shape index (κ1) is 13.5. The number of benzene rings is 1. The highest BCUT2D eigenvalue weighted by Crippen LogP contribution is 2.18. The second-order valence-electron chi connectivity index (χ2n) is 5.07. The summed E-state index contributed by atoms with van der Waals surface area (Å²) in [6.07, 6.45) is 5.69. The van der Waals surface area contributed by atoms with E-state index < -0.39 is 0 Å². The summed E-state index contributed by atoms with van der Waals surface area (Å²) in [5.41, 5.74) is 8.55. The smallest absolute Gasteiger partial charge is 0.0727 e. The molecule has 0 bridgehead atoms. The van der Waals surface area contributed by atoms with Gasteiger partial charge in [0.2, 0.25) is 0 Å². The van der Waals surface area contributed by atoms with Crippen LogP contribution < -0.4 is 5.73 Å². The van der Waals surface area contributed by atoms with Crippen LogP contribution in [-0.2, 0) is 13.0 Å². The van der Waals surface area contributed by atoms with Gasteiger partial charge in [-0.15, -0.1) is 0 Å². The summed E-state index contributed by atoms with van der Waals surface area (Å²) >= 11 is 4.90. The molecule has 0 amide bonds. The Morgan fingerprint density at radius 2 is 2.00 bits per heavy atom. The monoisotopic (exact) mass is 262 g/mol. The SMILES string of the molecule is NC(=S)CCCCN1CCCc2ccccc2C1. The summed E-state index contributed by atoms with van der Waals surface area (Å²) in [5.74, 6) is 0. The van der Waals surface area contributed by atoms with E-state index in [2.05, 4.69) is 29.2 Å². The standard InChI is InChI=1S/C15H22N2S/c16-15(18)9-3-4-10-17-11-5-8-13-6-1-2-7-14(13)12-17/h1-2,6-7H,3-5,8-12H2,(H2,16,18). The van der Waals surface area contributed by atoms with Gasteiger partial charge in [0.25, 0.3) is 0 Å². The van der Waals surface area contributed by atoms with E-state index in [1.54, 1.807) is 0 Å². The van der Waals surface area contributed by atoms with Gasteiger partial charge in [-0.25, -0.2) is 0 Å². The summed E-state index contributed by atoms with van der Waals surface area (Å²) in [5, 5.41) is 0. The topological polar surface area (TPSA) is 29.3 Å². The predicted octanol–water partition coefficient (Wildman–Crippen LogP) is 2.89. The average Bonchev–Trinajstić information content (AvgIpc) is 2.56. The minimum absolute atomic E-state index is 0.649. The highest BCUT2D eigenvalue weighted by Gasteiger charge is 2.13. The molecule has 0 aromatic heterocycles. The van der Waals surface area contributed by atoms with Crippen LogP contribution in [0, 0.1) is 0 Å². The van der Waals surface area contributed by atoms with Gasteiger partial charge < -0.3 is 5.73 Å². The molecule has 1 aliphatic rings. The predicted molar refractivity (Wildman–Crippen MR) is 80.7 cm³/mol. The van der Waals surface area contributed by atoms with Crippen LogP contribution in [0.4, 0.5) is 0 Å². The van der Waals surface area contributed by atoms with E-state index in [0.717, 1.165) is 25.9 Å². The third kappa shape index (κ3) is 4.07. The summed E-state index contributed by atoms with van der Waals surface area (Å²) < 4.78 is 0. The number of hydrogen-bond acceptors (Lipinski definition) is 2. The van der Waals surface area contributed by atoms with Crippen LogP contribution in [0.25, 0.3) is 0 Å². The van der Waals surface area contributed by atoms with Crippen molar-refractivity contribution in [1.29, 1.82) is 0 Å². The van der Waals surface area contributed by atoms with Crippen LogP contribution in [0.2, 0.25) is 0 Å². The zero-order valence-electron chi connectivity index (χ0n) is 10.9. The van der Waals surface area contributed by atoms with E-state index in [9.17, 15) is 0 Å². The first-order chi connectivity index (χ1) is 8.75. The van der Waals surface area contributed by atoms with Gasteiger partial charge >= 0.3 is 0 Å². The molecule has 18 heavy (non-hydrogen) atoms. The number of thiocarbonyl (C=S) groups is 1. The number of unbranched alkanes of at least 4 members (excludes halogenated alkanes) is 1. The van der Waals surface area contributed by atoms with E-state index in [-0.39, 0.29) is 0 Å². The largest absolute Gasteiger partial charge is 0.393 e. The van der Waals surface area contributed by atoms with Gasteiger partial charge in [0.15, 0.2) is 0 Å². The molecule has 0 fully saturated rings. The van der Waals surface area contributed by atoms with Gasteiger partial charge in [0.1, 0.15) is 0 Å². The van der Waals surface area contributed by atoms with Crippen molar-refractivity contribution < 1.29 is 0 Å². The summed E-state index contributed by atoms with van der Waals surface area (Å²) in [4.78, 5) is 3.21. The summed E-state index contributed by atoms with van der Waals surface area (Å²) in [6.45, 7) is 3.47. The number of rotatable bonds is 5. The molecule has 0 aliphatic carbocycles. The molecule has 0 atom stereocenters. The molecular weight excluding hydrogens is 240 g/mol. The lowest BCUT2D eigenvalue weighted by Crippen LogP contribution is -2.24. The fraction of sp³-hybridized carbons (Fsp3) is 0.533. The van der Waals surface area contributed by atoms with Gasteiger partial charge in [-0.05, 0) is 56.3 Å². The third-order valence-corrected chi connectivity index (χ3v) is 3.78. The molecule has 2 nitrogen and oxygen atoms in total. The Morgan fingerprint density at radius 1 is 1.22 bits per heavy atom. The zero-order chi connectivity index (χ0) is 12.8. The first-order valence-electron chi connectivity index (χ1n) is 6.83. The normalized spacial score (nSPS) is 16.0. The molecule has 0 unspecified atom stereocenters. The fourth-order valence-electron chi connectivity index (χ4n) is 2.59. The maximum absolute atomic E-state index is 5.52. The van der Waals surface area contributed by atoms with Crippen LogP contribution in [-0.4, -0.2) is 23.0 Å². The van der Waals surface area contributed by atoms with Crippen molar-refractivity contribution in [2.75, 3.05) is 13.1 Å². The second kappa shape index (κ2) is 6.86. The zero-order valence-corrected chi connectivity index (χ0v) is 11.7. The van der Waals surface area contributed by atoms with Gasteiger partial charge in [-0.3, -0.25) is 4.90 Å². The van der Waals surface area contributed by atoms with Gasteiger partial charge in [-0.2, -0.15) is 0 Å². The number of nitrogens with two attached hydrogens (primary N) is 1. The third-order valence-electron chi connectivity index (χ3n) is 3.58. The minimum Gasteiger partial charge on any atom is -0.393 e. The highest BCUT2D eigenvalue weighted by molar-refractivity contribution is 7.80.